The Morgan fingerprint density at radius 1 is 1.33 bits per heavy atom. The third-order valence-corrected chi connectivity index (χ3v) is 4.41. The van der Waals surface area contributed by atoms with Crippen LogP contribution in [0.5, 0.6) is 0 Å². The van der Waals surface area contributed by atoms with Crippen molar-refractivity contribution >= 4 is 26.7 Å². The molecule has 18 heavy (non-hydrogen) atoms. The predicted molar refractivity (Wildman–Crippen MR) is 80.3 cm³/mol. The lowest BCUT2D eigenvalue weighted by atomic mass is 10.0. The number of nitrogens with two attached hydrogens (primary N) is 1. The van der Waals surface area contributed by atoms with E-state index in [1.165, 1.54) is 4.70 Å². The summed E-state index contributed by atoms with van der Waals surface area (Å²) in [6, 6.07) is 8.52. The van der Waals surface area contributed by atoms with Gasteiger partial charge in [-0.2, -0.15) is 0 Å². The lowest BCUT2D eigenvalue weighted by Crippen LogP contribution is -2.31. The highest BCUT2D eigenvalue weighted by atomic mass is 32.1. The maximum atomic E-state index is 6.07. The van der Waals surface area contributed by atoms with E-state index in [-0.39, 0.29) is 6.04 Å². The minimum absolute atomic E-state index is 0.266. The molecule has 1 aromatic carbocycles. The Kier molecular flexibility index (Phi) is 4.19. The number of fused-ring (bicyclic) bond motifs is 1. The average molecular weight is 263 g/mol. The molecule has 0 amide bonds. The Labute approximate surface area is 113 Å². The van der Waals surface area contributed by atoms with Crippen LogP contribution in [0.4, 0.5) is 5.13 Å². The summed E-state index contributed by atoms with van der Waals surface area (Å²) >= 11 is 1.74. The number of aromatic nitrogens is 1. The highest BCUT2D eigenvalue weighted by Crippen LogP contribution is 2.27. The van der Waals surface area contributed by atoms with Gasteiger partial charge in [-0.25, -0.2) is 4.98 Å². The molecule has 2 rings (SSSR count). The van der Waals surface area contributed by atoms with Gasteiger partial charge in [0.05, 0.1) is 10.2 Å². The highest BCUT2D eigenvalue weighted by Gasteiger charge is 2.11. The molecule has 4 heteroatoms. The first-order valence-corrected chi connectivity index (χ1v) is 7.22. The van der Waals surface area contributed by atoms with Crippen LogP contribution < -0.4 is 10.6 Å². The van der Waals surface area contributed by atoms with Crippen LogP contribution >= 0.6 is 11.3 Å². The van der Waals surface area contributed by atoms with Crippen LogP contribution in [0.1, 0.15) is 20.3 Å². The Morgan fingerprint density at radius 3 is 2.72 bits per heavy atom. The van der Waals surface area contributed by atoms with Crippen LogP contribution in [0.3, 0.4) is 0 Å². The molecule has 0 aliphatic heterocycles. The van der Waals surface area contributed by atoms with Crippen LogP contribution in [-0.4, -0.2) is 24.6 Å². The summed E-state index contributed by atoms with van der Waals surface area (Å²) in [4.78, 5) is 6.84. The Hall–Kier alpha value is -1.13. The molecule has 3 nitrogen and oxygen atoms in total. The second-order valence-corrected chi connectivity index (χ2v) is 6.09. The molecule has 98 valence electrons. The largest absolute Gasteiger partial charge is 0.351 e. The van der Waals surface area contributed by atoms with E-state index in [1.54, 1.807) is 11.3 Å². The molecule has 2 aromatic rings. The summed E-state index contributed by atoms with van der Waals surface area (Å²) < 4.78 is 1.24. The smallest absolute Gasteiger partial charge is 0.186 e. The van der Waals surface area contributed by atoms with Crippen LogP contribution in [0.15, 0.2) is 24.3 Å². The van der Waals surface area contributed by atoms with E-state index in [0.29, 0.717) is 5.92 Å². The molecule has 2 N–H and O–H groups in total. The number of hydrogen-bond acceptors (Lipinski definition) is 4. The maximum Gasteiger partial charge on any atom is 0.186 e. The van der Waals surface area contributed by atoms with Gasteiger partial charge in [0.2, 0.25) is 0 Å². The van der Waals surface area contributed by atoms with E-state index in [9.17, 15) is 0 Å². The number of para-hydroxylation sites is 1. The van der Waals surface area contributed by atoms with E-state index in [2.05, 4.69) is 49.0 Å². The Balaban J connectivity index is 2.02. The quantitative estimate of drug-likeness (QED) is 0.901. The molecule has 1 unspecified atom stereocenters. The molecule has 0 radical (unpaired) electrons. The predicted octanol–water partition coefficient (Wildman–Crippen LogP) is 3.11. The molecule has 0 fully saturated rings. The van der Waals surface area contributed by atoms with Gasteiger partial charge >= 0.3 is 0 Å². The van der Waals surface area contributed by atoms with Gasteiger partial charge in [-0.3, -0.25) is 0 Å². The second kappa shape index (κ2) is 5.67. The van der Waals surface area contributed by atoms with Crippen molar-refractivity contribution in [1.82, 2.24) is 4.98 Å². The van der Waals surface area contributed by atoms with E-state index in [1.807, 2.05) is 6.07 Å². The summed E-state index contributed by atoms with van der Waals surface area (Å²) in [6.45, 7) is 5.30. The first kappa shape index (κ1) is 13.3. The molecule has 1 heterocycles. The molecular formula is C14H21N3S. The minimum Gasteiger partial charge on any atom is -0.351 e. The monoisotopic (exact) mass is 263 g/mol. The lowest BCUT2D eigenvalue weighted by Gasteiger charge is -2.20. The molecule has 1 aromatic heterocycles. The summed E-state index contributed by atoms with van der Waals surface area (Å²) in [5, 5.41) is 1.08. The third kappa shape index (κ3) is 3.00. The highest BCUT2D eigenvalue weighted by molar-refractivity contribution is 7.22. The van der Waals surface area contributed by atoms with Crippen molar-refractivity contribution in [3.8, 4) is 0 Å². The number of rotatable bonds is 5. The van der Waals surface area contributed by atoms with Gasteiger partial charge < -0.3 is 10.6 Å². The number of nitrogens with zero attached hydrogens (tertiary/aromatic N) is 2. The van der Waals surface area contributed by atoms with Crippen molar-refractivity contribution in [2.24, 2.45) is 11.7 Å². The lowest BCUT2D eigenvalue weighted by molar-refractivity contribution is 0.466. The van der Waals surface area contributed by atoms with Crippen molar-refractivity contribution in [1.29, 1.82) is 0 Å². The summed E-state index contributed by atoms with van der Waals surface area (Å²) in [5.74, 6) is 0.536. The Morgan fingerprint density at radius 2 is 2.06 bits per heavy atom. The number of hydrogen-bond donors (Lipinski definition) is 1. The van der Waals surface area contributed by atoms with E-state index < -0.39 is 0 Å². The van der Waals surface area contributed by atoms with Gasteiger partial charge in [-0.15, -0.1) is 0 Å². The molecule has 0 bridgehead atoms. The van der Waals surface area contributed by atoms with Gasteiger partial charge in [0.15, 0.2) is 5.13 Å². The Bertz CT molecular complexity index is 473. The van der Waals surface area contributed by atoms with E-state index in [0.717, 1.165) is 23.6 Å². The average Bonchev–Trinajstić information content (AvgIpc) is 2.79. The first-order valence-electron chi connectivity index (χ1n) is 6.40. The van der Waals surface area contributed by atoms with Gasteiger partial charge in [0, 0.05) is 19.6 Å². The van der Waals surface area contributed by atoms with Crippen molar-refractivity contribution in [3.63, 3.8) is 0 Å². The summed E-state index contributed by atoms with van der Waals surface area (Å²) in [5.41, 5.74) is 7.16. The molecule has 1 atom stereocenters. The molecule has 0 aliphatic carbocycles. The number of benzene rings is 1. The van der Waals surface area contributed by atoms with Gasteiger partial charge in [-0.05, 0) is 24.5 Å². The molecule has 0 saturated heterocycles. The fraction of sp³-hybridized carbons (Fsp3) is 0.500. The second-order valence-electron chi connectivity index (χ2n) is 5.08. The third-order valence-electron chi connectivity index (χ3n) is 3.26. The van der Waals surface area contributed by atoms with Crippen LogP contribution in [-0.2, 0) is 0 Å². The molecule has 0 aliphatic rings. The van der Waals surface area contributed by atoms with E-state index in [4.69, 9.17) is 5.73 Å². The van der Waals surface area contributed by atoms with Gasteiger partial charge in [0.25, 0.3) is 0 Å². The summed E-state index contributed by atoms with van der Waals surface area (Å²) in [7, 11) is 2.09. The standard InChI is InChI=1S/C14H21N3S/c1-10(2)11(15)8-9-17(3)14-16-12-6-4-5-7-13(12)18-14/h4-7,10-11H,8-9,15H2,1-3H3. The van der Waals surface area contributed by atoms with Crippen LogP contribution in [0.2, 0.25) is 0 Å². The molecule has 0 spiro atoms. The molecular weight excluding hydrogens is 242 g/mol. The topological polar surface area (TPSA) is 42.1 Å². The summed E-state index contributed by atoms with van der Waals surface area (Å²) in [6.07, 6.45) is 1.00. The van der Waals surface area contributed by atoms with Gasteiger partial charge in [0.1, 0.15) is 0 Å². The van der Waals surface area contributed by atoms with Gasteiger partial charge in [-0.1, -0.05) is 37.3 Å². The maximum absolute atomic E-state index is 6.07. The van der Waals surface area contributed by atoms with Crippen molar-refractivity contribution < 1.29 is 0 Å². The van der Waals surface area contributed by atoms with Crippen molar-refractivity contribution in [2.45, 2.75) is 26.3 Å². The minimum atomic E-state index is 0.266. The zero-order valence-electron chi connectivity index (χ0n) is 11.3. The first-order chi connectivity index (χ1) is 8.58. The SMILES string of the molecule is CC(C)C(N)CCN(C)c1nc2ccccc2s1. The number of anilines is 1. The van der Waals surface area contributed by atoms with Crippen LogP contribution in [0, 0.1) is 5.92 Å². The fourth-order valence-corrected chi connectivity index (χ4v) is 2.75. The normalized spacial score (nSPS) is 13.2. The van der Waals surface area contributed by atoms with Crippen molar-refractivity contribution in [3.05, 3.63) is 24.3 Å². The number of thiazole rings is 1. The zero-order valence-corrected chi connectivity index (χ0v) is 12.1. The van der Waals surface area contributed by atoms with Crippen LogP contribution in [0.25, 0.3) is 10.2 Å². The van der Waals surface area contributed by atoms with E-state index >= 15 is 0 Å². The fourth-order valence-electron chi connectivity index (χ4n) is 1.80. The zero-order chi connectivity index (χ0) is 13.1. The molecule has 0 saturated carbocycles. The van der Waals surface area contributed by atoms with Crippen molar-refractivity contribution in [2.75, 3.05) is 18.5 Å².